The SMILES string of the molecule is Cc1cc(F)ccc1-c1ccnc(N)c1. The molecular formula is C12H11FN2. The fraction of sp³-hybridized carbons (Fsp3) is 0.0833. The lowest BCUT2D eigenvalue weighted by molar-refractivity contribution is 0.627. The number of benzene rings is 1. The number of nitrogens with two attached hydrogens (primary N) is 1. The number of halogens is 1. The van der Waals surface area contributed by atoms with Gasteiger partial charge in [-0.25, -0.2) is 9.37 Å². The number of hydrogen-bond donors (Lipinski definition) is 1. The van der Waals surface area contributed by atoms with Crippen molar-refractivity contribution in [2.75, 3.05) is 5.73 Å². The third-order valence-corrected chi connectivity index (χ3v) is 2.28. The van der Waals surface area contributed by atoms with Gasteiger partial charge in [0.15, 0.2) is 0 Å². The van der Waals surface area contributed by atoms with Gasteiger partial charge in [0.2, 0.25) is 0 Å². The number of nitrogen functional groups attached to an aromatic ring is 1. The molecule has 0 unspecified atom stereocenters. The average Bonchev–Trinajstić information content (AvgIpc) is 2.17. The van der Waals surface area contributed by atoms with Gasteiger partial charge in [0.05, 0.1) is 0 Å². The molecule has 0 radical (unpaired) electrons. The smallest absolute Gasteiger partial charge is 0.123 e. The largest absolute Gasteiger partial charge is 0.384 e. The van der Waals surface area contributed by atoms with Crippen LogP contribution in [0.1, 0.15) is 5.56 Å². The van der Waals surface area contributed by atoms with Gasteiger partial charge in [-0.1, -0.05) is 6.07 Å². The molecule has 15 heavy (non-hydrogen) atoms. The summed E-state index contributed by atoms with van der Waals surface area (Å²) in [5, 5.41) is 0. The quantitative estimate of drug-likeness (QED) is 0.772. The normalized spacial score (nSPS) is 10.3. The minimum Gasteiger partial charge on any atom is -0.384 e. The molecule has 0 spiro atoms. The zero-order valence-corrected chi connectivity index (χ0v) is 8.37. The summed E-state index contributed by atoms with van der Waals surface area (Å²) in [7, 11) is 0. The highest BCUT2D eigenvalue weighted by Gasteiger charge is 2.03. The van der Waals surface area contributed by atoms with Crippen molar-refractivity contribution in [1.29, 1.82) is 0 Å². The molecule has 76 valence electrons. The predicted molar refractivity (Wildman–Crippen MR) is 58.8 cm³/mol. The maximum absolute atomic E-state index is 12.9. The summed E-state index contributed by atoms with van der Waals surface area (Å²) in [6.45, 7) is 1.87. The number of rotatable bonds is 1. The first-order valence-electron chi connectivity index (χ1n) is 4.65. The summed E-state index contributed by atoms with van der Waals surface area (Å²) in [5.41, 5.74) is 8.42. The zero-order valence-electron chi connectivity index (χ0n) is 8.37. The molecule has 1 aromatic heterocycles. The van der Waals surface area contributed by atoms with Gasteiger partial charge in [-0.15, -0.1) is 0 Å². The highest BCUT2D eigenvalue weighted by molar-refractivity contribution is 5.68. The Morgan fingerprint density at radius 3 is 2.67 bits per heavy atom. The van der Waals surface area contributed by atoms with Crippen LogP contribution in [-0.2, 0) is 0 Å². The van der Waals surface area contributed by atoms with Gasteiger partial charge >= 0.3 is 0 Å². The molecule has 1 heterocycles. The second kappa shape index (κ2) is 3.69. The first kappa shape index (κ1) is 9.65. The van der Waals surface area contributed by atoms with E-state index in [0.717, 1.165) is 16.7 Å². The summed E-state index contributed by atoms with van der Waals surface area (Å²) < 4.78 is 12.9. The lowest BCUT2D eigenvalue weighted by Crippen LogP contribution is -1.91. The lowest BCUT2D eigenvalue weighted by Gasteiger charge is -2.06. The van der Waals surface area contributed by atoms with Gasteiger partial charge in [-0.2, -0.15) is 0 Å². The van der Waals surface area contributed by atoms with E-state index in [1.54, 1.807) is 18.3 Å². The molecule has 0 saturated carbocycles. The standard InChI is InChI=1S/C12H11FN2/c1-8-6-10(13)2-3-11(8)9-4-5-15-12(14)7-9/h2-7H,1H3,(H2,14,15). The van der Waals surface area contributed by atoms with Crippen LogP contribution in [0.3, 0.4) is 0 Å². The molecule has 0 aliphatic heterocycles. The van der Waals surface area contributed by atoms with Crippen LogP contribution in [0.15, 0.2) is 36.5 Å². The van der Waals surface area contributed by atoms with Crippen LogP contribution in [0.5, 0.6) is 0 Å². The zero-order chi connectivity index (χ0) is 10.8. The van der Waals surface area contributed by atoms with Gasteiger partial charge in [-0.05, 0) is 47.9 Å². The van der Waals surface area contributed by atoms with Crippen LogP contribution in [0, 0.1) is 12.7 Å². The van der Waals surface area contributed by atoms with Gasteiger partial charge in [-0.3, -0.25) is 0 Å². The maximum Gasteiger partial charge on any atom is 0.123 e. The Labute approximate surface area is 87.6 Å². The molecule has 2 rings (SSSR count). The van der Waals surface area contributed by atoms with Gasteiger partial charge in [0, 0.05) is 6.20 Å². The number of pyridine rings is 1. The molecule has 1 aromatic carbocycles. The van der Waals surface area contributed by atoms with Crippen LogP contribution < -0.4 is 5.73 Å². The number of aromatic nitrogens is 1. The maximum atomic E-state index is 12.9. The average molecular weight is 202 g/mol. The van der Waals surface area contributed by atoms with Crippen molar-refractivity contribution in [1.82, 2.24) is 4.98 Å². The van der Waals surface area contributed by atoms with Crippen LogP contribution in [0.2, 0.25) is 0 Å². The summed E-state index contributed by atoms with van der Waals surface area (Å²) in [4.78, 5) is 3.92. The molecule has 0 atom stereocenters. The number of hydrogen-bond acceptors (Lipinski definition) is 2. The molecule has 0 bridgehead atoms. The van der Waals surface area contributed by atoms with E-state index in [2.05, 4.69) is 4.98 Å². The van der Waals surface area contributed by atoms with Gasteiger partial charge in [0.1, 0.15) is 11.6 Å². The first-order chi connectivity index (χ1) is 7.16. The second-order valence-corrected chi connectivity index (χ2v) is 3.43. The van der Waals surface area contributed by atoms with Gasteiger partial charge < -0.3 is 5.73 Å². The highest BCUT2D eigenvalue weighted by atomic mass is 19.1. The molecule has 0 aliphatic rings. The van der Waals surface area contributed by atoms with Crippen molar-refractivity contribution < 1.29 is 4.39 Å². The van der Waals surface area contributed by atoms with Crippen molar-refractivity contribution in [2.45, 2.75) is 6.92 Å². The Hall–Kier alpha value is -1.90. The van der Waals surface area contributed by atoms with E-state index in [4.69, 9.17) is 5.73 Å². The molecule has 2 nitrogen and oxygen atoms in total. The molecule has 0 fully saturated rings. The minimum atomic E-state index is -0.224. The molecule has 2 aromatic rings. The van der Waals surface area contributed by atoms with Crippen molar-refractivity contribution in [3.05, 3.63) is 47.9 Å². The summed E-state index contributed by atoms with van der Waals surface area (Å²) >= 11 is 0. The third kappa shape index (κ3) is 1.96. The topological polar surface area (TPSA) is 38.9 Å². The highest BCUT2D eigenvalue weighted by Crippen LogP contribution is 2.24. The minimum absolute atomic E-state index is 0.224. The molecular weight excluding hydrogens is 191 g/mol. The Kier molecular flexibility index (Phi) is 2.37. The Balaban J connectivity index is 2.54. The predicted octanol–water partition coefficient (Wildman–Crippen LogP) is 2.78. The number of anilines is 1. The van der Waals surface area contributed by atoms with Crippen molar-refractivity contribution in [3.8, 4) is 11.1 Å². The summed E-state index contributed by atoms with van der Waals surface area (Å²) in [5.74, 6) is 0.245. The Bertz CT molecular complexity index is 495. The van der Waals surface area contributed by atoms with Crippen LogP contribution >= 0.6 is 0 Å². The van der Waals surface area contributed by atoms with E-state index < -0.39 is 0 Å². The Morgan fingerprint density at radius 2 is 2.00 bits per heavy atom. The molecule has 3 heteroatoms. The molecule has 0 aliphatic carbocycles. The van der Waals surface area contributed by atoms with E-state index in [1.165, 1.54) is 12.1 Å². The third-order valence-electron chi connectivity index (χ3n) is 2.28. The molecule has 2 N–H and O–H groups in total. The van der Waals surface area contributed by atoms with Crippen molar-refractivity contribution in [2.24, 2.45) is 0 Å². The first-order valence-corrected chi connectivity index (χ1v) is 4.65. The van der Waals surface area contributed by atoms with E-state index in [-0.39, 0.29) is 5.82 Å². The van der Waals surface area contributed by atoms with E-state index in [9.17, 15) is 4.39 Å². The van der Waals surface area contributed by atoms with Crippen molar-refractivity contribution >= 4 is 5.82 Å². The lowest BCUT2D eigenvalue weighted by atomic mass is 10.0. The monoisotopic (exact) mass is 202 g/mol. The molecule has 0 saturated heterocycles. The van der Waals surface area contributed by atoms with Crippen molar-refractivity contribution in [3.63, 3.8) is 0 Å². The summed E-state index contributed by atoms with van der Waals surface area (Å²) in [6, 6.07) is 8.33. The summed E-state index contributed by atoms with van der Waals surface area (Å²) in [6.07, 6.45) is 1.65. The number of aryl methyl sites for hydroxylation is 1. The van der Waals surface area contributed by atoms with Crippen LogP contribution in [-0.4, -0.2) is 4.98 Å². The fourth-order valence-corrected chi connectivity index (χ4v) is 1.57. The fourth-order valence-electron chi connectivity index (χ4n) is 1.57. The van der Waals surface area contributed by atoms with Crippen LogP contribution in [0.25, 0.3) is 11.1 Å². The Morgan fingerprint density at radius 1 is 1.20 bits per heavy atom. The number of nitrogens with zero attached hydrogens (tertiary/aromatic N) is 1. The van der Waals surface area contributed by atoms with E-state index in [1.807, 2.05) is 13.0 Å². The van der Waals surface area contributed by atoms with Gasteiger partial charge in [0.25, 0.3) is 0 Å². The molecule has 0 amide bonds. The van der Waals surface area contributed by atoms with Crippen LogP contribution in [0.4, 0.5) is 10.2 Å². The van der Waals surface area contributed by atoms with E-state index >= 15 is 0 Å². The second-order valence-electron chi connectivity index (χ2n) is 3.43. The van der Waals surface area contributed by atoms with E-state index in [0.29, 0.717) is 5.82 Å².